The molecule has 0 spiro atoms. The normalized spacial score (nSPS) is 17.1. The Balaban J connectivity index is 1.65. The summed E-state index contributed by atoms with van der Waals surface area (Å²) in [5, 5.41) is 11.6. The molecular formula is C29H27N3O4S. The summed E-state index contributed by atoms with van der Waals surface area (Å²) in [6.45, 7) is 6.70. The number of aliphatic hydroxyl groups excluding tert-OH is 1. The smallest absolute Gasteiger partial charge is 0.301 e. The second-order valence-corrected chi connectivity index (χ2v) is 10.1. The standard InChI is InChI=1S/C29H27N3O4S/c1-4-5-14-36-21-8-6-19(7-9-21)25-23(26(33)20-10-12-30-13-11-20)27(34)28(35)32(25)29-31-24-18(3)15-17(2)16-22(24)37-29/h6-13,15-16,25,33H,4-5,14H2,1-3H3/b26-23+. The molecule has 0 bridgehead atoms. The lowest BCUT2D eigenvalue weighted by Gasteiger charge is -2.23. The van der Waals surface area contributed by atoms with Gasteiger partial charge in [-0.3, -0.25) is 19.5 Å². The minimum Gasteiger partial charge on any atom is -0.507 e. The van der Waals surface area contributed by atoms with E-state index in [1.807, 2.05) is 50.2 Å². The summed E-state index contributed by atoms with van der Waals surface area (Å²) >= 11 is 1.36. The second kappa shape index (κ2) is 10.1. The fourth-order valence-electron chi connectivity index (χ4n) is 4.55. The van der Waals surface area contributed by atoms with Crippen molar-refractivity contribution in [3.63, 3.8) is 0 Å². The van der Waals surface area contributed by atoms with Crippen molar-refractivity contribution in [1.82, 2.24) is 9.97 Å². The zero-order chi connectivity index (χ0) is 26.1. The van der Waals surface area contributed by atoms with E-state index in [-0.39, 0.29) is 11.3 Å². The number of fused-ring (bicyclic) bond motifs is 1. The maximum atomic E-state index is 13.5. The van der Waals surface area contributed by atoms with Gasteiger partial charge in [-0.15, -0.1) is 0 Å². The first kappa shape index (κ1) is 24.6. The highest BCUT2D eigenvalue weighted by Gasteiger charge is 2.48. The Labute approximate surface area is 219 Å². The molecule has 1 N–H and O–H groups in total. The van der Waals surface area contributed by atoms with Crippen molar-refractivity contribution in [3.05, 3.63) is 88.8 Å². The number of hydrogen-bond acceptors (Lipinski definition) is 7. The number of ketones is 1. The number of anilines is 1. The van der Waals surface area contributed by atoms with Crippen molar-refractivity contribution in [3.8, 4) is 5.75 Å². The van der Waals surface area contributed by atoms with E-state index in [1.54, 1.807) is 12.1 Å². The molecular weight excluding hydrogens is 486 g/mol. The molecule has 1 unspecified atom stereocenters. The van der Waals surface area contributed by atoms with E-state index in [9.17, 15) is 14.7 Å². The van der Waals surface area contributed by atoms with Crippen molar-refractivity contribution in [2.24, 2.45) is 0 Å². The van der Waals surface area contributed by atoms with E-state index < -0.39 is 17.7 Å². The number of benzene rings is 2. The molecule has 4 aromatic rings. The highest BCUT2D eigenvalue weighted by molar-refractivity contribution is 7.22. The lowest BCUT2D eigenvalue weighted by atomic mass is 9.95. The Bertz CT molecular complexity index is 1510. The number of rotatable bonds is 7. The summed E-state index contributed by atoms with van der Waals surface area (Å²) in [6, 6.07) is 13.7. The van der Waals surface area contributed by atoms with Gasteiger partial charge in [-0.05, 0) is 67.3 Å². The van der Waals surface area contributed by atoms with E-state index in [0.29, 0.717) is 28.6 Å². The fraction of sp³-hybridized carbons (Fsp3) is 0.241. The molecule has 1 saturated heterocycles. The maximum absolute atomic E-state index is 13.5. The Morgan fingerprint density at radius 1 is 1.08 bits per heavy atom. The third kappa shape index (κ3) is 4.60. The van der Waals surface area contributed by atoms with Gasteiger partial charge in [0.2, 0.25) is 0 Å². The quantitative estimate of drug-likeness (QED) is 0.139. The summed E-state index contributed by atoms with van der Waals surface area (Å²) in [5.74, 6) is -1.02. The first-order valence-corrected chi connectivity index (χ1v) is 13.0. The van der Waals surface area contributed by atoms with Crippen LogP contribution in [-0.2, 0) is 9.59 Å². The Morgan fingerprint density at radius 2 is 1.81 bits per heavy atom. The number of nitrogens with zero attached hydrogens (tertiary/aromatic N) is 3. The van der Waals surface area contributed by atoms with Gasteiger partial charge in [0.1, 0.15) is 11.5 Å². The van der Waals surface area contributed by atoms with Gasteiger partial charge in [0.05, 0.1) is 28.4 Å². The molecule has 1 atom stereocenters. The van der Waals surface area contributed by atoms with E-state index in [2.05, 4.69) is 11.9 Å². The summed E-state index contributed by atoms with van der Waals surface area (Å²) < 4.78 is 6.73. The van der Waals surface area contributed by atoms with Crippen molar-refractivity contribution in [1.29, 1.82) is 0 Å². The number of thiazole rings is 1. The topological polar surface area (TPSA) is 92.6 Å². The average molecular weight is 514 g/mol. The van der Waals surface area contributed by atoms with Gasteiger partial charge in [-0.25, -0.2) is 4.98 Å². The van der Waals surface area contributed by atoms with Crippen LogP contribution in [0.4, 0.5) is 5.13 Å². The van der Waals surface area contributed by atoms with Gasteiger partial charge in [-0.1, -0.05) is 42.9 Å². The Morgan fingerprint density at radius 3 is 2.51 bits per heavy atom. The summed E-state index contributed by atoms with van der Waals surface area (Å²) in [4.78, 5) is 37.0. The summed E-state index contributed by atoms with van der Waals surface area (Å²) in [6.07, 6.45) is 5.04. The second-order valence-electron chi connectivity index (χ2n) is 9.10. The Kier molecular flexibility index (Phi) is 6.76. The number of aliphatic hydroxyl groups is 1. The molecule has 1 fully saturated rings. The minimum absolute atomic E-state index is 0.0167. The molecule has 0 aliphatic carbocycles. The predicted molar refractivity (Wildman–Crippen MR) is 145 cm³/mol. The van der Waals surface area contributed by atoms with Crippen LogP contribution in [-0.4, -0.2) is 33.4 Å². The first-order valence-electron chi connectivity index (χ1n) is 12.2. The van der Waals surface area contributed by atoms with Crippen LogP contribution in [0, 0.1) is 13.8 Å². The highest BCUT2D eigenvalue weighted by Crippen LogP contribution is 2.45. The number of aromatic nitrogens is 2. The number of pyridine rings is 1. The molecule has 0 radical (unpaired) electrons. The average Bonchev–Trinajstić information content (AvgIpc) is 3.43. The number of Topliss-reactive ketones (excluding diaryl/α,β-unsaturated/α-hetero) is 1. The van der Waals surface area contributed by atoms with Gasteiger partial charge in [0.25, 0.3) is 5.78 Å². The molecule has 2 aromatic heterocycles. The van der Waals surface area contributed by atoms with Crippen molar-refractivity contribution in [2.45, 2.75) is 39.7 Å². The van der Waals surface area contributed by atoms with Gasteiger partial charge >= 0.3 is 5.91 Å². The lowest BCUT2D eigenvalue weighted by Crippen LogP contribution is -2.29. The first-order chi connectivity index (χ1) is 17.9. The molecule has 1 aliphatic rings. The fourth-order valence-corrected chi connectivity index (χ4v) is 5.72. The van der Waals surface area contributed by atoms with Crippen LogP contribution in [0.3, 0.4) is 0 Å². The van der Waals surface area contributed by atoms with E-state index >= 15 is 0 Å². The van der Waals surface area contributed by atoms with Crippen molar-refractivity contribution < 1.29 is 19.4 Å². The number of amides is 1. The highest BCUT2D eigenvalue weighted by atomic mass is 32.1. The zero-order valence-corrected chi connectivity index (χ0v) is 21.7. The number of hydrogen-bond donors (Lipinski definition) is 1. The predicted octanol–water partition coefficient (Wildman–Crippen LogP) is 6.11. The SMILES string of the molecule is CCCCOc1ccc(C2/C(=C(\O)c3ccncc3)C(=O)C(=O)N2c2nc3c(C)cc(C)cc3s2)cc1. The third-order valence-electron chi connectivity index (χ3n) is 6.39. The van der Waals surface area contributed by atoms with Crippen LogP contribution in [0.2, 0.25) is 0 Å². The van der Waals surface area contributed by atoms with Gasteiger partial charge in [0, 0.05) is 18.0 Å². The van der Waals surface area contributed by atoms with Crippen LogP contribution in [0.15, 0.2) is 66.5 Å². The molecule has 7 nitrogen and oxygen atoms in total. The summed E-state index contributed by atoms with van der Waals surface area (Å²) in [5.41, 5.74) is 3.98. The van der Waals surface area contributed by atoms with Crippen LogP contribution in [0.1, 0.15) is 48.1 Å². The maximum Gasteiger partial charge on any atom is 0.301 e. The number of carbonyl (C=O) groups excluding carboxylic acids is 2. The molecule has 3 heterocycles. The zero-order valence-electron chi connectivity index (χ0n) is 20.9. The molecule has 0 saturated carbocycles. The van der Waals surface area contributed by atoms with E-state index in [4.69, 9.17) is 9.72 Å². The molecule has 8 heteroatoms. The molecule has 37 heavy (non-hydrogen) atoms. The van der Waals surface area contributed by atoms with Crippen LogP contribution in [0.25, 0.3) is 16.0 Å². The van der Waals surface area contributed by atoms with Gasteiger partial charge in [0.15, 0.2) is 5.13 Å². The Hall–Kier alpha value is -4.04. The lowest BCUT2D eigenvalue weighted by molar-refractivity contribution is -0.132. The molecule has 188 valence electrons. The van der Waals surface area contributed by atoms with Gasteiger partial charge < -0.3 is 9.84 Å². The molecule has 1 amide bonds. The summed E-state index contributed by atoms with van der Waals surface area (Å²) in [7, 11) is 0. The number of ether oxygens (including phenoxy) is 1. The monoisotopic (exact) mass is 513 g/mol. The van der Waals surface area contributed by atoms with Crippen molar-refractivity contribution >= 4 is 44.1 Å². The molecule has 5 rings (SSSR count). The molecule has 1 aliphatic heterocycles. The van der Waals surface area contributed by atoms with Crippen LogP contribution < -0.4 is 9.64 Å². The number of unbranched alkanes of at least 4 members (excludes halogenated alkanes) is 1. The third-order valence-corrected chi connectivity index (χ3v) is 7.39. The number of aryl methyl sites for hydroxylation is 2. The van der Waals surface area contributed by atoms with Gasteiger partial charge in [-0.2, -0.15) is 0 Å². The van der Waals surface area contributed by atoms with Crippen LogP contribution in [0.5, 0.6) is 5.75 Å². The van der Waals surface area contributed by atoms with E-state index in [0.717, 1.165) is 34.2 Å². The van der Waals surface area contributed by atoms with Crippen molar-refractivity contribution in [2.75, 3.05) is 11.5 Å². The largest absolute Gasteiger partial charge is 0.507 e. The minimum atomic E-state index is -0.847. The van der Waals surface area contributed by atoms with Crippen LogP contribution >= 0.6 is 11.3 Å². The van der Waals surface area contributed by atoms with E-state index in [1.165, 1.54) is 28.6 Å². The number of carbonyl (C=O) groups is 2. The molecule has 2 aromatic carbocycles.